The van der Waals surface area contributed by atoms with Gasteiger partial charge in [0.15, 0.2) is 0 Å². The highest BCUT2D eigenvalue weighted by atomic mass is 16.4. The molecule has 0 saturated heterocycles. The van der Waals surface area contributed by atoms with Gasteiger partial charge in [0.05, 0.1) is 12.1 Å². The molecule has 0 spiro atoms. The third-order valence-electron chi connectivity index (χ3n) is 3.22. The van der Waals surface area contributed by atoms with Crippen LogP contribution in [0, 0.1) is 5.92 Å². The Labute approximate surface area is 94.6 Å². The quantitative estimate of drug-likeness (QED) is 0.803. The molecule has 2 N–H and O–H groups in total. The van der Waals surface area contributed by atoms with E-state index in [1.807, 2.05) is 0 Å². The average Bonchev–Trinajstić information content (AvgIpc) is 2.95. The third kappa shape index (κ3) is 2.44. The van der Waals surface area contributed by atoms with Crippen LogP contribution in [0.3, 0.4) is 0 Å². The lowest BCUT2D eigenvalue weighted by molar-refractivity contribution is 0.0696. The predicted molar refractivity (Wildman–Crippen MR) is 59.3 cm³/mol. The van der Waals surface area contributed by atoms with Crippen LogP contribution in [-0.2, 0) is 6.54 Å². The lowest BCUT2D eigenvalue weighted by atomic mass is 9.99. The number of nitrogens with one attached hydrogen (secondary N) is 1. The molecule has 4 nitrogen and oxygen atoms in total. The Bertz CT molecular complexity index is 391. The summed E-state index contributed by atoms with van der Waals surface area (Å²) in [5, 5.41) is 12.1. The van der Waals surface area contributed by atoms with Crippen LogP contribution in [0.2, 0.25) is 0 Å². The van der Waals surface area contributed by atoms with Crippen LogP contribution in [0.4, 0.5) is 0 Å². The van der Waals surface area contributed by atoms with E-state index >= 15 is 0 Å². The molecule has 1 heterocycles. The molecule has 16 heavy (non-hydrogen) atoms. The topological polar surface area (TPSA) is 62.5 Å². The molecule has 88 valence electrons. The molecule has 0 bridgehead atoms. The van der Waals surface area contributed by atoms with Crippen molar-refractivity contribution in [1.29, 1.82) is 0 Å². The minimum Gasteiger partial charge on any atom is -0.478 e. The summed E-state index contributed by atoms with van der Waals surface area (Å²) in [5.41, 5.74) is 0.317. The van der Waals surface area contributed by atoms with Crippen LogP contribution in [-0.4, -0.2) is 16.6 Å². The van der Waals surface area contributed by atoms with E-state index in [0.29, 0.717) is 12.3 Å². The summed E-state index contributed by atoms with van der Waals surface area (Å²) in [6.07, 6.45) is 3.83. The average molecular weight is 223 g/mol. The molecule has 2 rings (SSSR count). The first-order chi connectivity index (χ1) is 7.49. The SMILES string of the molecule is CC(C)(NCc1cc(C(=O)O)co1)C1CC1. The zero-order valence-electron chi connectivity index (χ0n) is 9.62. The van der Waals surface area contributed by atoms with Gasteiger partial charge >= 0.3 is 5.97 Å². The third-order valence-corrected chi connectivity index (χ3v) is 3.22. The first-order valence-corrected chi connectivity index (χ1v) is 5.55. The molecular weight excluding hydrogens is 206 g/mol. The molecule has 0 aliphatic heterocycles. The highest BCUT2D eigenvalue weighted by Gasteiger charge is 2.37. The smallest absolute Gasteiger partial charge is 0.338 e. The van der Waals surface area contributed by atoms with Gasteiger partial charge in [0, 0.05) is 5.54 Å². The summed E-state index contributed by atoms with van der Waals surface area (Å²) < 4.78 is 5.18. The maximum absolute atomic E-state index is 10.7. The monoisotopic (exact) mass is 223 g/mol. The molecule has 4 heteroatoms. The molecule has 1 aromatic heterocycles. The van der Waals surface area contributed by atoms with Crippen molar-refractivity contribution in [3.05, 3.63) is 23.7 Å². The maximum atomic E-state index is 10.7. The molecule has 0 unspecified atom stereocenters. The second-order valence-corrected chi connectivity index (χ2v) is 4.96. The largest absolute Gasteiger partial charge is 0.478 e. The molecule has 1 aromatic rings. The van der Waals surface area contributed by atoms with E-state index in [-0.39, 0.29) is 11.1 Å². The van der Waals surface area contributed by atoms with E-state index in [1.165, 1.54) is 19.1 Å². The van der Waals surface area contributed by atoms with E-state index in [4.69, 9.17) is 9.52 Å². The summed E-state index contributed by atoms with van der Waals surface area (Å²) in [4.78, 5) is 10.7. The number of furan rings is 1. The Morgan fingerprint density at radius 3 is 2.81 bits per heavy atom. The van der Waals surface area contributed by atoms with Gasteiger partial charge < -0.3 is 14.8 Å². The molecule has 1 aliphatic carbocycles. The Balaban J connectivity index is 1.91. The standard InChI is InChI=1S/C12H17NO3/c1-12(2,9-3-4-9)13-6-10-5-8(7-16-10)11(14)15/h5,7,9,13H,3-4,6H2,1-2H3,(H,14,15). The number of rotatable bonds is 5. The van der Waals surface area contributed by atoms with Crippen LogP contribution in [0.1, 0.15) is 42.8 Å². The van der Waals surface area contributed by atoms with E-state index < -0.39 is 5.97 Å². The van der Waals surface area contributed by atoms with Gasteiger partial charge in [0.25, 0.3) is 0 Å². The van der Waals surface area contributed by atoms with Crippen LogP contribution in [0.15, 0.2) is 16.7 Å². The van der Waals surface area contributed by atoms with Gasteiger partial charge in [-0.15, -0.1) is 0 Å². The molecule has 0 atom stereocenters. The second kappa shape index (κ2) is 3.94. The molecule has 0 aromatic carbocycles. The summed E-state index contributed by atoms with van der Waals surface area (Å²) in [5.74, 6) is 0.462. The summed E-state index contributed by atoms with van der Waals surface area (Å²) in [6, 6.07) is 1.57. The van der Waals surface area contributed by atoms with Gasteiger partial charge in [-0.05, 0) is 38.7 Å². The number of aromatic carboxylic acids is 1. The number of hydrogen-bond donors (Lipinski definition) is 2. The molecule has 1 fully saturated rings. The van der Waals surface area contributed by atoms with Crippen molar-refractivity contribution in [2.45, 2.75) is 38.8 Å². The Morgan fingerprint density at radius 1 is 1.62 bits per heavy atom. The number of carboxylic acids is 1. The first-order valence-electron chi connectivity index (χ1n) is 5.55. The summed E-state index contributed by atoms with van der Waals surface area (Å²) >= 11 is 0. The van der Waals surface area contributed by atoms with Crippen LogP contribution in [0.5, 0.6) is 0 Å². The molecular formula is C12H17NO3. The van der Waals surface area contributed by atoms with Crippen molar-refractivity contribution in [3.8, 4) is 0 Å². The van der Waals surface area contributed by atoms with Gasteiger partial charge in [0.1, 0.15) is 12.0 Å². The predicted octanol–water partition coefficient (Wildman–Crippen LogP) is 2.26. The fourth-order valence-corrected chi connectivity index (χ4v) is 1.85. The van der Waals surface area contributed by atoms with E-state index in [1.54, 1.807) is 6.07 Å². The van der Waals surface area contributed by atoms with Gasteiger partial charge in [-0.3, -0.25) is 0 Å². The van der Waals surface area contributed by atoms with Gasteiger partial charge in [-0.2, -0.15) is 0 Å². The van der Waals surface area contributed by atoms with Gasteiger partial charge in [0.2, 0.25) is 0 Å². The van der Waals surface area contributed by atoms with Crippen LogP contribution >= 0.6 is 0 Å². The Kier molecular flexibility index (Phi) is 2.76. The van der Waals surface area contributed by atoms with Crippen molar-refractivity contribution in [2.75, 3.05) is 0 Å². The highest BCUT2D eigenvalue weighted by molar-refractivity contribution is 5.87. The van der Waals surface area contributed by atoms with Gasteiger partial charge in [-0.25, -0.2) is 4.79 Å². The van der Waals surface area contributed by atoms with Crippen molar-refractivity contribution in [3.63, 3.8) is 0 Å². The van der Waals surface area contributed by atoms with Crippen LogP contribution < -0.4 is 5.32 Å². The fraction of sp³-hybridized carbons (Fsp3) is 0.583. The highest BCUT2D eigenvalue weighted by Crippen LogP contribution is 2.39. The number of carboxylic acid groups (broad SMARTS) is 1. The minimum atomic E-state index is -0.948. The van der Waals surface area contributed by atoms with E-state index in [2.05, 4.69) is 19.2 Å². The molecule has 1 saturated carbocycles. The number of hydrogen-bond acceptors (Lipinski definition) is 3. The number of carbonyl (C=O) groups is 1. The van der Waals surface area contributed by atoms with Crippen molar-refractivity contribution in [1.82, 2.24) is 5.32 Å². The lowest BCUT2D eigenvalue weighted by Crippen LogP contribution is -2.40. The molecule has 0 amide bonds. The van der Waals surface area contributed by atoms with Gasteiger partial charge in [-0.1, -0.05) is 0 Å². The van der Waals surface area contributed by atoms with Crippen LogP contribution in [0.25, 0.3) is 0 Å². The Hall–Kier alpha value is -1.29. The molecule has 1 aliphatic rings. The fourth-order valence-electron chi connectivity index (χ4n) is 1.85. The summed E-state index contributed by atoms with van der Waals surface area (Å²) in [7, 11) is 0. The zero-order chi connectivity index (χ0) is 11.8. The summed E-state index contributed by atoms with van der Waals surface area (Å²) in [6.45, 7) is 4.92. The van der Waals surface area contributed by atoms with Crippen molar-refractivity contribution < 1.29 is 14.3 Å². The molecule has 0 radical (unpaired) electrons. The lowest BCUT2D eigenvalue weighted by Gasteiger charge is -2.25. The second-order valence-electron chi connectivity index (χ2n) is 4.96. The van der Waals surface area contributed by atoms with E-state index in [0.717, 1.165) is 5.92 Å². The zero-order valence-corrected chi connectivity index (χ0v) is 9.62. The maximum Gasteiger partial charge on any atom is 0.338 e. The van der Waals surface area contributed by atoms with Crippen molar-refractivity contribution in [2.24, 2.45) is 5.92 Å². The normalized spacial score (nSPS) is 16.4. The Morgan fingerprint density at radius 2 is 2.31 bits per heavy atom. The van der Waals surface area contributed by atoms with E-state index in [9.17, 15) is 4.79 Å². The van der Waals surface area contributed by atoms with Crippen molar-refractivity contribution >= 4 is 5.97 Å². The first kappa shape index (κ1) is 11.2. The minimum absolute atomic E-state index is 0.107.